The Labute approximate surface area is 111 Å². The van der Waals surface area contributed by atoms with Gasteiger partial charge < -0.3 is 11.1 Å². The van der Waals surface area contributed by atoms with Crippen LogP contribution in [0.5, 0.6) is 0 Å². The Morgan fingerprint density at radius 3 is 2.28 bits per heavy atom. The number of hydrogen-bond acceptors (Lipinski definition) is 3. The highest BCUT2D eigenvalue weighted by Gasteiger charge is 2.12. The molecule has 0 aromatic heterocycles. The Bertz CT molecular complexity index is 339. The van der Waals surface area contributed by atoms with E-state index in [0.29, 0.717) is 12.1 Å². The van der Waals surface area contributed by atoms with Gasteiger partial charge in [0.2, 0.25) is 0 Å². The van der Waals surface area contributed by atoms with Crippen molar-refractivity contribution in [3.63, 3.8) is 0 Å². The molecular formula is C15H27N3. The van der Waals surface area contributed by atoms with Crippen molar-refractivity contribution in [3.8, 4) is 0 Å². The summed E-state index contributed by atoms with van der Waals surface area (Å²) in [5.41, 5.74) is 7.96. The molecule has 3 N–H and O–H groups in total. The van der Waals surface area contributed by atoms with Gasteiger partial charge in [-0.2, -0.15) is 0 Å². The molecule has 0 fully saturated rings. The topological polar surface area (TPSA) is 41.3 Å². The molecule has 0 heterocycles. The van der Waals surface area contributed by atoms with Crippen LogP contribution in [0.1, 0.15) is 33.3 Å². The fourth-order valence-corrected chi connectivity index (χ4v) is 2.24. The predicted molar refractivity (Wildman–Crippen MR) is 79.5 cm³/mol. The van der Waals surface area contributed by atoms with Crippen LogP contribution in [-0.4, -0.2) is 30.1 Å². The van der Waals surface area contributed by atoms with Crippen LogP contribution in [0.4, 0.5) is 5.69 Å². The number of para-hydroxylation sites is 1. The van der Waals surface area contributed by atoms with Crippen LogP contribution in [0, 0.1) is 0 Å². The number of nitrogens with zero attached hydrogens (tertiary/aromatic N) is 1. The van der Waals surface area contributed by atoms with Crippen molar-refractivity contribution >= 4 is 5.69 Å². The van der Waals surface area contributed by atoms with Gasteiger partial charge in [0.05, 0.1) is 0 Å². The standard InChI is InChI=1S/C15H27N3/c1-12(2)18(13(3)4)10-9-17-11-14-7-5-6-8-15(14)16/h5-8,12-13,17H,9-11,16H2,1-4H3. The van der Waals surface area contributed by atoms with Crippen LogP contribution in [0.3, 0.4) is 0 Å². The van der Waals surface area contributed by atoms with Gasteiger partial charge in [-0.25, -0.2) is 0 Å². The summed E-state index contributed by atoms with van der Waals surface area (Å²) < 4.78 is 0. The van der Waals surface area contributed by atoms with Gasteiger partial charge in [0.15, 0.2) is 0 Å². The minimum atomic E-state index is 0.591. The van der Waals surface area contributed by atoms with E-state index in [9.17, 15) is 0 Å². The van der Waals surface area contributed by atoms with Gasteiger partial charge in [0, 0.05) is 37.4 Å². The van der Waals surface area contributed by atoms with Crippen LogP contribution in [0.2, 0.25) is 0 Å². The lowest BCUT2D eigenvalue weighted by molar-refractivity contribution is 0.176. The second kappa shape index (κ2) is 7.39. The Morgan fingerprint density at radius 1 is 1.11 bits per heavy atom. The van der Waals surface area contributed by atoms with Gasteiger partial charge in [0.25, 0.3) is 0 Å². The lowest BCUT2D eigenvalue weighted by Crippen LogP contribution is -2.41. The summed E-state index contributed by atoms with van der Waals surface area (Å²) in [6, 6.07) is 9.21. The molecule has 0 saturated heterocycles. The van der Waals surface area contributed by atoms with Crippen LogP contribution in [0.25, 0.3) is 0 Å². The monoisotopic (exact) mass is 249 g/mol. The minimum Gasteiger partial charge on any atom is -0.398 e. The molecule has 0 unspecified atom stereocenters. The highest BCUT2D eigenvalue weighted by molar-refractivity contribution is 5.46. The van der Waals surface area contributed by atoms with E-state index in [0.717, 1.165) is 25.3 Å². The lowest BCUT2D eigenvalue weighted by Gasteiger charge is -2.30. The quantitative estimate of drug-likeness (QED) is 0.576. The molecule has 1 aromatic rings. The molecule has 0 amide bonds. The molecule has 102 valence electrons. The maximum absolute atomic E-state index is 5.91. The lowest BCUT2D eigenvalue weighted by atomic mass is 10.2. The first-order valence-electron chi connectivity index (χ1n) is 6.82. The second-order valence-electron chi connectivity index (χ2n) is 5.30. The average molecular weight is 249 g/mol. The molecule has 0 aliphatic carbocycles. The van der Waals surface area contributed by atoms with Gasteiger partial charge in [-0.1, -0.05) is 18.2 Å². The van der Waals surface area contributed by atoms with Gasteiger partial charge in [0.1, 0.15) is 0 Å². The highest BCUT2D eigenvalue weighted by atomic mass is 15.2. The Morgan fingerprint density at radius 2 is 1.72 bits per heavy atom. The van der Waals surface area contributed by atoms with Crippen molar-refractivity contribution in [1.29, 1.82) is 0 Å². The third kappa shape index (κ3) is 4.67. The van der Waals surface area contributed by atoms with Crippen LogP contribution >= 0.6 is 0 Å². The number of nitrogen functional groups attached to an aromatic ring is 1. The average Bonchev–Trinajstić information content (AvgIpc) is 2.30. The molecule has 0 radical (unpaired) electrons. The summed E-state index contributed by atoms with van der Waals surface area (Å²) in [7, 11) is 0. The third-order valence-corrected chi connectivity index (χ3v) is 3.24. The fraction of sp³-hybridized carbons (Fsp3) is 0.600. The molecule has 1 rings (SSSR count). The molecule has 0 saturated carbocycles. The molecule has 3 heteroatoms. The third-order valence-electron chi connectivity index (χ3n) is 3.24. The number of hydrogen-bond donors (Lipinski definition) is 2. The van der Waals surface area contributed by atoms with Crippen molar-refractivity contribution in [3.05, 3.63) is 29.8 Å². The van der Waals surface area contributed by atoms with Crippen molar-refractivity contribution in [2.24, 2.45) is 0 Å². The predicted octanol–water partition coefficient (Wildman–Crippen LogP) is 2.48. The normalized spacial score (nSPS) is 11.7. The highest BCUT2D eigenvalue weighted by Crippen LogP contribution is 2.09. The van der Waals surface area contributed by atoms with E-state index in [4.69, 9.17) is 5.73 Å². The first kappa shape index (κ1) is 15.0. The molecule has 3 nitrogen and oxygen atoms in total. The summed E-state index contributed by atoms with van der Waals surface area (Å²) in [6.45, 7) is 11.9. The number of anilines is 1. The summed E-state index contributed by atoms with van der Waals surface area (Å²) >= 11 is 0. The largest absolute Gasteiger partial charge is 0.398 e. The molecule has 0 aliphatic heterocycles. The van der Waals surface area contributed by atoms with Crippen molar-refractivity contribution in [2.45, 2.75) is 46.3 Å². The molecule has 0 bridgehead atoms. The number of rotatable bonds is 7. The molecule has 18 heavy (non-hydrogen) atoms. The maximum atomic E-state index is 5.91. The van der Waals surface area contributed by atoms with Crippen LogP contribution in [0.15, 0.2) is 24.3 Å². The van der Waals surface area contributed by atoms with E-state index < -0.39 is 0 Å². The van der Waals surface area contributed by atoms with E-state index in [-0.39, 0.29) is 0 Å². The summed E-state index contributed by atoms with van der Waals surface area (Å²) in [4.78, 5) is 2.49. The van der Waals surface area contributed by atoms with Gasteiger partial charge >= 0.3 is 0 Å². The van der Waals surface area contributed by atoms with Crippen LogP contribution in [-0.2, 0) is 6.54 Å². The number of benzene rings is 1. The molecule has 1 aromatic carbocycles. The van der Waals surface area contributed by atoms with Gasteiger partial charge in [-0.05, 0) is 39.3 Å². The second-order valence-corrected chi connectivity index (χ2v) is 5.30. The van der Waals surface area contributed by atoms with Gasteiger partial charge in [-0.3, -0.25) is 4.90 Å². The Hall–Kier alpha value is -1.06. The van der Waals surface area contributed by atoms with Crippen molar-refractivity contribution in [1.82, 2.24) is 10.2 Å². The smallest absolute Gasteiger partial charge is 0.0359 e. The van der Waals surface area contributed by atoms with Gasteiger partial charge in [-0.15, -0.1) is 0 Å². The maximum Gasteiger partial charge on any atom is 0.0359 e. The summed E-state index contributed by atoms with van der Waals surface area (Å²) in [6.07, 6.45) is 0. The first-order chi connectivity index (χ1) is 8.52. The molecule has 0 spiro atoms. The molecule has 0 atom stereocenters. The Kier molecular flexibility index (Phi) is 6.16. The van der Waals surface area contributed by atoms with E-state index in [1.165, 1.54) is 5.56 Å². The first-order valence-corrected chi connectivity index (χ1v) is 6.82. The number of nitrogens with two attached hydrogens (primary N) is 1. The zero-order valence-electron chi connectivity index (χ0n) is 12.1. The SMILES string of the molecule is CC(C)N(CCNCc1ccccc1N)C(C)C. The van der Waals surface area contributed by atoms with E-state index >= 15 is 0 Å². The van der Waals surface area contributed by atoms with E-state index in [1.54, 1.807) is 0 Å². The molecular weight excluding hydrogens is 222 g/mol. The molecule has 0 aliphatic rings. The zero-order chi connectivity index (χ0) is 13.5. The van der Waals surface area contributed by atoms with E-state index in [2.05, 4.69) is 44.0 Å². The van der Waals surface area contributed by atoms with Crippen LogP contribution < -0.4 is 11.1 Å². The minimum absolute atomic E-state index is 0.591. The zero-order valence-corrected chi connectivity index (χ0v) is 12.1. The summed E-state index contributed by atoms with van der Waals surface area (Å²) in [5.74, 6) is 0. The fourth-order valence-electron chi connectivity index (χ4n) is 2.24. The Balaban J connectivity index is 2.32. The number of nitrogens with one attached hydrogen (secondary N) is 1. The summed E-state index contributed by atoms with van der Waals surface area (Å²) in [5, 5.41) is 3.46. The van der Waals surface area contributed by atoms with Crippen molar-refractivity contribution < 1.29 is 0 Å². The van der Waals surface area contributed by atoms with Crippen molar-refractivity contribution in [2.75, 3.05) is 18.8 Å². The van der Waals surface area contributed by atoms with E-state index in [1.807, 2.05) is 18.2 Å².